The zero-order chi connectivity index (χ0) is 20.8. The van der Waals surface area contributed by atoms with Crippen molar-refractivity contribution in [1.29, 1.82) is 0 Å². The third-order valence-corrected chi connectivity index (χ3v) is 4.48. The van der Waals surface area contributed by atoms with Crippen molar-refractivity contribution in [2.24, 2.45) is 5.92 Å². The number of Topliss-reactive ketones (excluding diaryl/α,β-unsaturated/α-hetero) is 1. The summed E-state index contributed by atoms with van der Waals surface area (Å²) < 4.78 is 25.3. The summed E-state index contributed by atoms with van der Waals surface area (Å²) in [5.74, 6) is -4.10. The van der Waals surface area contributed by atoms with Gasteiger partial charge in [-0.25, -0.2) is 13.6 Å². The summed E-state index contributed by atoms with van der Waals surface area (Å²) in [6, 6.07) is -3.37. The Morgan fingerprint density at radius 1 is 1.11 bits per heavy atom. The lowest BCUT2D eigenvalue weighted by Crippen LogP contribution is -2.55. The van der Waals surface area contributed by atoms with Crippen LogP contribution in [0, 0.1) is 5.92 Å². The van der Waals surface area contributed by atoms with Gasteiger partial charge in [0.25, 0.3) is 5.91 Å². The van der Waals surface area contributed by atoms with E-state index in [1.807, 2.05) is 0 Å². The smallest absolute Gasteiger partial charge is 0.405 e. The Morgan fingerprint density at radius 2 is 1.79 bits per heavy atom. The number of ketones is 1. The first-order valence-electron chi connectivity index (χ1n) is 8.87. The predicted molar refractivity (Wildman–Crippen MR) is 89.4 cm³/mol. The molecule has 0 aromatic carbocycles. The molecule has 2 fully saturated rings. The molecular formula is C16H22F2N4O6. The monoisotopic (exact) mass is 404 g/mol. The Labute approximate surface area is 158 Å². The third kappa shape index (κ3) is 6.43. The molecule has 4 amide bonds. The van der Waals surface area contributed by atoms with Crippen LogP contribution in [0.25, 0.3) is 0 Å². The minimum absolute atomic E-state index is 0.122. The molecule has 1 saturated carbocycles. The Morgan fingerprint density at radius 3 is 2.29 bits per heavy atom. The Hall–Kier alpha value is -2.79. The number of carboxylic acid groups (broad SMARTS) is 1. The maximum absolute atomic E-state index is 12.7. The number of carbonyl (C=O) groups excluding carboxylic acids is 4. The number of hydrogen-bond acceptors (Lipinski definition) is 5. The molecule has 0 spiro atoms. The molecule has 0 unspecified atom stereocenters. The van der Waals surface area contributed by atoms with Gasteiger partial charge >= 0.3 is 6.09 Å². The van der Waals surface area contributed by atoms with Gasteiger partial charge in [-0.15, -0.1) is 0 Å². The van der Waals surface area contributed by atoms with Gasteiger partial charge in [0.05, 0.1) is 6.04 Å². The van der Waals surface area contributed by atoms with E-state index in [-0.39, 0.29) is 18.4 Å². The summed E-state index contributed by atoms with van der Waals surface area (Å²) in [5, 5.41) is 17.6. The second-order valence-electron chi connectivity index (χ2n) is 6.81. The van der Waals surface area contributed by atoms with Crippen molar-refractivity contribution in [3.63, 3.8) is 0 Å². The summed E-state index contributed by atoms with van der Waals surface area (Å²) in [7, 11) is 0. The number of hydrogen-bond donors (Lipinski definition) is 5. The van der Waals surface area contributed by atoms with Gasteiger partial charge in [0.1, 0.15) is 6.04 Å². The normalized spacial score (nSPS) is 20.8. The number of rotatable bonds is 10. The molecule has 0 bridgehead atoms. The number of halogens is 2. The summed E-state index contributed by atoms with van der Waals surface area (Å²) in [5.41, 5.74) is 0. The SMILES string of the molecule is O=C(O)N[C@@H](CC(F)F)C(=O)N[C@@H](C[C@@H]1CCNC1=O)C(=O)C(=O)NC1CC1. The standard InChI is InChI=1S/C16H22F2N4O6/c17-11(18)6-10(22-16(27)28)14(25)21-9(5-7-3-4-19-13(7)24)12(23)15(26)20-8-1-2-8/h7-11,22H,1-6H2,(H,19,24)(H,20,26)(H,21,25)(H,27,28)/t7-,9-,10-/m0/s1. The molecule has 2 rings (SSSR count). The van der Waals surface area contributed by atoms with Gasteiger partial charge in [0.2, 0.25) is 24.0 Å². The van der Waals surface area contributed by atoms with E-state index in [9.17, 15) is 32.8 Å². The number of nitrogens with one attached hydrogen (secondary N) is 4. The summed E-state index contributed by atoms with van der Waals surface area (Å²) >= 11 is 0. The number of amides is 4. The highest BCUT2D eigenvalue weighted by Crippen LogP contribution is 2.20. The fourth-order valence-corrected chi connectivity index (χ4v) is 2.86. The van der Waals surface area contributed by atoms with Crippen molar-refractivity contribution in [2.75, 3.05) is 6.54 Å². The average molecular weight is 404 g/mol. The molecule has 1 saturated heterocycles. The lowest BCUT2D eigenvalue weighted by molar-refractivity contribution is -0.141. The molecule has 0 radical (unpaired) electrons. The van der Waals surface area contributed by atoms with E-state index in [1.54, 1.807) is 5.32 Å². The van der Waals surface area contributed by atoms with Crippen LogP contribution >= 0.6 is 0 Å². The lowest BCUT2D eigenvalue weighted by atomic mass is 9.95. The topological polar surface area (TPSA) is 154 Å². The van der Waals surface area contributed by atoms with Gasteiger partial charge in [-0.3, -0.25) is 19.2 Å². The first-order valence-corrected chi connectivity index (χ1v) is 8.87. The minimum atomic E-state index is -2.98. The molecule has 156 valence electrons. The van der Waals surface area contributed by atoms with E-state index < -0.39 is 54.5 Å². The molecule has 2 aliphatic rings. The van der Waals surface area contributed by atoms with Crippen molar-refractivity contribution in [2.45, 2.75) is 56.7 Å². The molecule has 3 atom stereocenters. The first-order chi connectivity index (χ1) is 13.2. The first kappa shape index (κ1) is 21.5. The number of carbonyl (C=O) groups is 5. The molecular weight excluding hydrogens is 382 g/mol. The fourth-order valence-electron chi connectivity index (χ4n) is 2.86. The van der Waals surface area contributed by atoms with E-state index in [4.69, 9.17) is 5.11 Å². The lowest BCUT2D eigenvalue weighted by Gasteiger charge is -2.23. The van der Waals surface area contributed by atoms with Gasteiger partial charge in [-0.1, -0.05) is 0 Å². The second kappa shape index (κ2) is 9.42. The molecule has 0 aromatic heterocycles. The van der Waals surface area contributed by atoms with Crippen LogP contribution in [0.2, 0.25) is 0 Å². The zero-order valence-electron chi connectivity index (χ0n) is 14.9. The Kier molecular flexibility index (Phi) is 7.24. The molecule has 1 aliphatic heterocycles. The van der Waals surface area contributed by atoms with Crippen LogP contribution in [0.3, 0.4) is 0 Å². The Balaban J connectivity index is 2.10. The molecule has 10 nitrogen and oxygen atoms in total. The van der Waals surface area contributed by atoms with Gasteiger partial charge in [0.15, 0.2) is 0 Å². The quantitative estimate of drug-likeness (QED) is 0.299. The van der Waals surface area contributed by atoms with Crippen LogP contribution in [0.5, 0.6) is 0 Å². The minimum Gasteiger partial charge on any atom is -0.465 e. The maximum Gasteiger partial charge on any atom is 0.405 e. The van der Waals surface area contributed by atoms with E-state index >= 15 is 0 Å². The van der Waals surface area contributed by atoms with Crippen LogP contribution in [0.1, 0.15) is 32.1 Å². The summed E-state index contributed by atoms with van der Waals surface area (Å²) in [6.45, 7) is 0.376. The van der Waals surface area contributed by atoms with Crippen LogP contribution in [-0.2, 0) is 19.2 Å². The average Bonchev–Trinajstić information content (AvgIpc) is 3.32. The summed E-state index contributed by atoms with van der Waals surface area (Å²) in [4.78, 5) is 59.3. The van der Waals surface area contributed by atoms with Crippen LogP contribution in [0.4, 0.5) is 13.6 Å². The zero-order valence-corrected chi connectivity index (χ0v) is 14.9. The van der Waals surface area contributed by atoms with E-state index in [2.05, 4.69) is 16.0 Å². The van der Waals surface area contributed by atoms with E-state index in [1.165, 1.54) is 0 Å². The van der Waals surface area contributed by atoms with Crippen molar-refractivity contribution in [1.82, 2.24) is 21.3 Å². The molecule has 1 aliphatic carbocycles. The highest BCUT2D eigenvalue weighted by atomic mass is 19.3. The molecule has 0 aromatic rings. The van der Waals surface area contributed by atoms with E-state index in [0.717, 1.165) is 12.8 Å². The predicted octanol–water partition coefficient (Wildman–Crippen LogP) is -0.863. The van der Waals surface area contributed by atoms with Crippen molar-refractivity contribution < 1.29 is 37.9 Å². The number of alkyl halides is 2. The van der Waals surface area contributed by atoms with Crippen molar-refractivity contribution in [3.05, 3.63) is 0 Å². The van der Waals surface area contributed by atoms with Crippen LogP contribution in [-0.4, -0.2) is 65.8 Å². The molecule has 5 N–H and O–H groups in total. The van der Waals surface area contributed by atoms with Crippen LogP contribution in [0.15, 0.2) is 0 Å². The van der Waals surface area contributed by atoms with Crippen molar-refractivity contribution >= 4 is 29.6 Å². The largest absolute Gasteiger partial charge is 0.465 e. The Bertz CT molecular complexity index is 655. The van der Waals surface area contributed by atoms with Gasteiger partial charge in [-0.2, -0.15) is 0 Å². The van der Waals surface area contributed by atoms with Gasteiger partial charge in [-0.05, 0) is 25.7 Å². The second-order valence-corrected chi connectivity index (χ2v) is 6.81. The van der Waals surface area contributed by atoms with Crippen LogP contribution < -0.4 is 21.3 Å². The molecule has 1 heterocycles. The summed E-state index contributed by atoms with van der Waals surface area (Å²) in [6.07, 6.45) is -4.13. The maximum atomic E-state index is 12.7. The highest BCUT2D eigenvalue weighted by Gasteiger charge is 2.37. The van der Waals surface area contributed by atoms with Gasteiger partial charge in [0, 0.05) is 24.9 Å². The van der Waals surface area contributed by atoms with E-state index in [0.29, 0.717) is 13.0 Å². The molecule has 12 heteroatoms. The van der Waals surface area contributed by atoms with Crippen molar-refractivity contribution in [3.8, 4) is 0 Å². The third-order valence-electron chi connectivity index (χ3n) is 4.48. The fraction of sp³-hybridized carbons (Fsp3) is 0.688. The highest BCUT2D eigenvalue weighted by molar-refractivity contribution is 6.38. The van der Waals surface area contributed by atoms with Gasteiger partial charge < -0.3 is 26.4 Å². The molecule has 28 heavy (non-hydrogen) atoms.